The highest BCUT2D eigenvalue weighted by Crippen LogP contribution is 2.23. The Balaban J connectivity index is 1.41. The van der Waals surface area contributed by atoms with Gasteiger partial charge in [-0.15, -0.1) is 0 Å². The van der Waals surface area contributed by atoms with Gasteiger partial charge in [-0.3, -0.25) is 0 Å². The maximum absolute atomic E-state index is 4.86. The van der Waals surface area contributed by atoms with Gasteiger partial charge in [0.1, 0.15) is 5.82 Å². The number of hydrogen-bond donors (Lipinski definition) is 1. The predicted octanol–water partition coefficient (Wildman–Crippen LogP) is 4.25. The molecule has 2 heterocycles. The quantitative estimate of drug-likeness (QED) is 0.821. The van der Waals surface area contributed by atoms with Gasteiger partial charge in [0.2, 0.25) is 5.95 Å². The number of aromatic nitrogens is 2. The molecule has 144 valence electrons. The first-order valence-corrected chi connectivity index (χ1v) is 10.4. The maximum atomic E-state index is 4.86. The maximum Gasteiger partial charge on any atom is 0.225 e. The van der Waals surface area contributed by atoms with Gasteiger partial charge in [-0.1, -0.05) is 43.9 Å². The molecule has 0 spiro atoms. The summed E-state index contributed by atoms with van der Waals surface area (Å²) >= 11 is 0. The number of anilines is 3. The van der Waals surface area contributed by atoms with Crippen molar-refractivity contribution in [2.45, 2.75) is 51.5 Å². The highest BCUT2D eigenvalue weighted by molar-refractivity contribution is 5.50. The number of nitrogens with zero attached hydrogens (tertiary/aromatic N) is 4. The van der Waals surface area contributed by atoms with E-state index in [4.69, 9.17) is 4.98 Å². The first-order valence-electron chi connectivity index (χ1n) is 10.4. The Bertz CT molecular complexity index is 717. The average Bonchev–Trinajstić information content (AvgIpc) is 2.97. The smallest absolute Gasteiger partial charge is 0.225 e. The highest BCUT2D eigenvalue weighted by Gasteiger charge is 2.20. The Kier molecular flexibility index (Phi) is 5.75. The lowest BCUT2D eigenvalue weighted by atomic mass is 10.1. The fourth-order valence-corrected chi connectivity index (χ4v) is 4.22. The van der Waals surface area contributed by atoms with Crippen molar-refractivity contribution in [3.8, 4) is 0 Å². The molecular weight excluding hydrogens is 334 g/mol. The summed E-state index contributed by atoms with van der Waals surface area (Å²) < 4.78 is 0. The van der Waals surface area contributed by atoms with Crippen LogP contribution in [0, 0.1) is 6.92 Å². The van der Waals surface area contributed by atoms with E-state index in [0.29, 0.717) is 6.04 Å². The average molecular weight is 366 g/mol. The van der Waals surface area contributed by atoms with Crippen molar-refractivity contribution in [3.63, 3.8) is 0 Å². The molecule has 1 aliphatic carbocycles. The first kappa shape index (κ1) is 18.1. The van der Waals surface area contributed by atoms with Crippen LogP contribution in [0.5, 0.6) is 0 Å². The lowest BCUT2D eigenvalue weighted by Crippen LogP contribution is -2.47. The summed E-state index contributed by atoms with van der Waals surface area (Å²) in [6, 6.07) is 13.3. The van der Waals surface area contributed by atoms with E-state index in [1.807, 2.05) is 0 Å². The minimum atomic E-state index is 0.525. The van der Waals surface area contributed by atoms with Gasteiger partial charge in [0, 0.05) is 49.7 Å². The molecule has 5 heteroatoms. The summed E-state index contributed by atoms with van der Waals surface area (Å²) in [6.07, 6.45) is 7.84. The van der Waals surface area contributed by atoms with E-state index in [1.165, 1.54) is 44.2 Å². The molecule has 0 atom stereocenters. The zero-order chi connectivity index (χ0) is 18.5. The van der Waals surface area contributed by atoms with Crippen LogP contribution in [0.1, 0.15) is 44.2 Å². The van der Waals surface area contributed by atoms with Gasteiger partial charge in [0.05, 0.1) is 0 Å². The molecule has 0 radical (unpaired) electrons. The van der Waals surface area contributed by atoms with E-state index in [0.717, 1.165) is 43.6 Å². The third kappa shape index (κ3) is 4.71. The molecule has 1 saturated heterocycles. The van der Waals surface area contributed by atoms with E-state index in [1.54, 1.807) is 0 Å². The van der Waals surface area contributed by atoms with Crippen LogP contribution >= 0.6 is 0 Å². The van der Waals surface area contributed by atoms with Gasteiger partial charge in [-0.25, -0.2) is 4.98 Å². The second-order valence-corrected chi connectivity index (χ2v) is 7.83. The summed E-state index contributed by atoms with van der Waals surface area (Å²) in [6.45, 7) is 6.11. The van der Waals surface area contributed by atoms with Crippen molar-refractivity contribution < 1.29 is 0 Å². The Morgan fingerprint density at radius 1 is 0.852 bits per heavy atom. The van der Waals surface area contributed by atoms with Crippen LogP contribution < -0.4 is 15.1 Å². The lowest BCUT2D eigenvalue weighted by Gasteiger charge is -2.37. The van der Waals surface area contributed by atoms with Crippen molar-refractivity contribution in [1.82, 2.24) is 9.97 Å². The van der Waals surface area contributed by atoms with Crippen LogP contribution in [-0.4, -0.2) is 42.2 Å². The summed E-state index contributed by atoms with van der Waals surface area (Å²) in [7, 11) is 0. The number of hydrogen-bond acceptors (Lipinski definition) is 5. The molecule has 1 aromatic heterocycles. The van der Waals surface area contributed by atoms with Crippen LogP contribution in [0.3, 0.4) is 0 Å². The highest BCUT2D eigenvalue weighted by atomic mass is 15.3. The third-order valence-corrected chi connectivity index (χ3v) is 5.75. The molecule has 0 amide bonds. The number of piperazine rings is 1. The molecule has 2 aromatic rings. The van der Waals surface area contributed by atoms with Crippen LogP contribution in [0.25, 0.3) is 0 Å². The van der Waals surface area contributed by atoms with Crippen LogP contribution in [-0.2, 0) is 0 Å². The lowest BCUT2D eigenvalue weighted by molar-refractivity contribution is 0.612. The topological polar surface area (TPSA) is 44.3 Å². The van der Waals surface area contributed by atoms with Gasteiger partial charge in [0.25, 0.3) is 0 Å². The van der Waals surface area contributed by atoms with Gasteiger partial charge in [-0.2, -0.15) is 4.98 Å². The predicted molar refractivity (Wildman–Crippen MR) is 113 cm³/mol. The van der Waals surface area contributed by atoms with E-state index >= 15 is 0 Å². The van der Waals surface area contributed by atoms with Crippen molar-refractivity contribution >= 4 is 17.5 Å². The zero-order valence-corrected chi connectivity index (χ0v) is 16.4. The van der Waals surface area contributed by atoms with E-state index in [2.05, 4.69) is 63.4 Å². The van der Waals surface area contributed by atoms with E-state index in [-0.39, 0.29) is 0 Å². The zero-order valence-electron chi connectivity index (χ0n) is 16.4. The Morgan fingerprint density at radius 3 is 2.22 bits per heavy atom. The van der Waals surface area contributed by atoms with E-state index < -0.39 is 0 Å². The second-order valence-electron chi connectivity index (χ2n) is 7.83. The fraction of sp³-hybridized carbons (Fsp3) is 0.545. The molecule has 2 fully saturated rings. The summed E-state index contributed by atoms with van der Waals surface area (Å²) in [5.41, 5.74) is 2.35. The number of para-hydroxylation sites is 1. The molecule has 2 aliphatic rings. The Labute approximate surface area is 162 Å². The van der Waals surface area contributed by atoms with Crippen LogP contribution in [0.2, 0.25) is 0 Å². The van der Waals surface area contributed by atoms with E-state index in [9.17, 15) is 0 Å². The minimum Gasteiger partial charge on any atom is -0.368 e. The van der Waals surface area contributed by atoms with Crippen molar-refractivity contribution in [2.75, 3.05) is 41.3 Å². The molecule has 0 unspecified atom stereocenters. The Morgan fingerprint density at radius 2 is 1.52 bits per heavy atom. The standard InChI is InChI=1S/C22H31N5/c1-18-17-21(25-22(23-18)24-19-9-5-2-3-6-10-19)27-15-13-26(14-16-27)20-11-7-4-8-12-20/h4,7-8,11-12,17,19H,2-3,5-6,9-10,13-16H2,1H3,(H,23,24,25). The van der Waals surface area contributed by atoms with Crippen LogP contribution in [0.4, 0.5) is 17.5 Å². The van der Waals surface area contributed by atoms with Gasteiger partial charge >= 0.3 is 0 Å². The van der Waals surface area contributed by atoms with Gasteiger partial charge in [-0.05, 0) is 31.9 Å². The molecule has 1 aromatic carbocycles. The second kappa shape index (κ2) is 8.59. The molecule has 27 heavy (non-hydrogen) atoms. The van der Waals surface area contributed by atoms with Crippen LogP contribution in [0.15, 0.2) is 36.4 Å². The monoisotopic (exact) mass is 365 g/mol. The molecule has 1 saturated carbocycles. The summed E-state index contributed by atoms with van der Waals surface area (Å²) in [5.74, 6) is 1.87. The van der Waals surface area contributed by atoms with Crippen molar-refractivity contribution in [1.29, 1.82) is 0 Å². The van der Waals surface area contributed by atoms with Crippen molar-refractivity contribution in [3.05, 3.63) is 42.1 Å². The number of benzene rings is 1. The summed E-state index contributed by atoms with van der Waals surface area (Å²) in [5, 5.41) is 3.62. The molecule has 4 rings (SSSR count). The Hall–Kier alpha value is -2.30. The SMILES string of the molecule is Cc1cc(N2CCN(c3ccccc3)CC2)nc(NC2CCCCCC2)n1. The fourth-order valence-electron chi connectivity index (χ4n) is 4.22. The minimum absolute atomic E-state index is 0.525. The molecule has 1 N–H and O–H groups in total. The molecule has 5 nitrogen and oxygen atoms in total. The normalized spacial score (nSPS) is 19.0. The van der Waals surface area contributed by atoms with Gasteiger partial charge in [0.15, 0.2) is 0 Å². The number of nitrogens with one attached hydrogen (secondary N) is 1. The van der Waals surface area contributed by atoms with Gasteiger partial charge < -0.3 is 15.1 Å². The number of aryl methyl sites for hydroxylation is 1. The largest absolute Gasteiger partial charge is 0.368 e. The molecule has 1 aliphatic heterocycles. The molecule has 0 bridgehead atoms. The first-order chi connectivity index (χ1) is 13.3. The third-order valence-electron chi connectivity index (χ3n) is 5.75. The summed E-state index contributed by atoms with van der Waals surface area (Å²) in [4.78, 5) is 14.4. The molecular formula is C22H31N5. The van der Waals surface area contributed by atoms with Crippen molar-refractivity contribution in [2.24, 2.45) is 0 Å². The number of rotatable bonds is 4.